The molecule has 0 amide bonds. The number of aryl methyl sites for hydroxylation is 2. The molecule has 1 aliphatic carbocycles. The van der Waals surface area contributed by atoms with E-state index in [0.29, 0.717) is 41.4 Å². The zero-order valence-corrected chi connectivity index (χ0v) is 20.2. The number of carboxylic acid groups (broad SMARTS) is 1. The monoisotopic (exact) mass is 511 g/mol. The molecule has 13 nitrogen and oxygen atoms in total. The lowest BCUT2D eigenvalue weighted by Crippen LogP contribution is -2.29. The number of nitrogens with zero attached hydrogens (tertiary/aromatic N) is 5. The Balaban J connectivity index is 1.40. The zero-order valence-electron chi connectivity index (χ0n) is 20.2. The molecule has 2 atom stereocenters. The van der Waals surface area contributed by atoms with Gasteiger partial charge in [-0.3, -0.25) is 14.9 Å². The fourth-order valence-electron chi connectivity index (χ4n) is 4.09. The highest BCUT2D eigenvalue weighted by Gasteiger charge is 2.28. The molecular formula is C24H25N5O8. The van der Waals surface area contributed by atoms with Gasteiger partial charge in [-0.05, 0) is 56.9 Å². The van der Waals surface area contributed by atoms with Crippen molar-refractivity contribution in [2.75, 3.05) is 0 Å². The van der Waals surface area contributed by atoms with E-state index in [1.54, 1.807) is 26.1 Å². The first-order valence-corrected chi connectivity index (χ1v) is 11.6. The van der Waals surface area contributed by atoms with Crippen molar-refractivity contribution in [3.63, 3.8) is 0 Å². The van der Waals surface area contributed by atoms with Crippen LogP contribution in [0, 0.1) is 23.0 Å². The van der Waals surface area contributed by atoms with Gasteiger partial charge in [-0.25, -0.2) is 14.5 Å². The van der Waals surface area contributed by atoms with E-state index in [1.807, 2.05) is 0 Å². The molecule has 4 rings (SSSR count). The maximum atomic E-state index is 12.1. The van der Waals surface area contributed by atoms with Crippen LogP contribution in [0.25, 0.3) is 11.4 Å². The first kappa shape index (κ1) is 25.5. The van der Waals surface area contributed by atoms with E-state index in [0.717, 1.165) is 12.8 Å². The number of carbonyl (C=O) groups is 2. The van der Waals surface area contributed by atoms with Gasteiger partial charge in [-0.2, -0.15) is 0 Å². The van der Waals surface area contributed by atoms with E-state index >= 15 is 0 Å². The van der Waals surface area contributed by atoms with Crippen LogP contribution in [0.5, 0.6) is 11.5 Å². The first-order chi connectivity index (χ1) is 17.7. The minimum absolute atomic E-state index is 0.0967. The van der Waals surface area contributed by atoms with Gasteiger partial charge in [0, 0.05) is 19.2 Å². The predicted molar refractivity (Wildman–Crippen MR) is 127 cm³/mol. The lowest BCUT2D eigenvalue weighted by atomic mass is 9.87. The number of aromatic nitrogens is 4. The van der Waals surface area contributed by atoms with Crippen molar-refractivity contribution < 1.29 is 33.8 Å². The second kappa shape index (κ2) is 11.0. The number of nitro groups is 1. The minimum atomic E-state index is -0.999. The van der Waals surface area contributed by atoms with Crippen LogP contribution >= 0.6 is 0 Å². The number of aliphatic carboxylic acids is 1. The average Bonchev–Trinajstić information content (AvgIpc) is 3.24. The number of non-ortho nitro benzene ring substituents is 1. The molecule has 13 heteroatoms. The smallest absolute Gasteiger partial charge is 0.489 e. The van der Waals surface area contributed by atoms with Gasteiger partial charge in [-0.1, -0.05) is 5.21 Å². The van der Waals surface area contributed by atoms with Gasteiger partial charge >= 0.3 is 12.1 Å². The highest BCUT2D eigenvalue weighted by molar-refractivity contribution is 5.70. The summed E-state index contributed by atoms with van der Waals surface area (Å²) in [4.78, 5) is 38.2. The summed E-state index contributed by atoms with van der Waals surface area (Å²) < 4.78 is 17.8. The Bertz CT molecular complexity index is 1310. The Kier molecular flexibility index (Phi) is 7.60. The van der Waals surface area contributed by atoms with Crippen molar-refractivity contribution in [2.24, 2.45) is 13.0 Å². The molecule has 1 aromatic carbocycles. The Morgan fingerprint density at radius 3 is 2.62 bits per heavy atom. The number of nitro benzene ring substituents is 1. The summed E-state index contributed by atoms with van der Waals surface area (Å²) in [6.45, 7) is 1.58. The highest BCUT2D eigenvalue weighted by Crippen LogP contribution is 2.30. The van der Waals surface area contributed by atoms with E-state index in [9.17, 15) is 24.8 Å². The van der Waals surface area contributed by atoms with Crippen LogP contribution in [-0.4, -0.2) is 48.2 Å². The summed E-state index contributed by atoms with van der Waals surface area (Å²) in [7, 11) is 1.64. The molecule has 0 saturated heterocycles. The van der Waals surface area contributed by atoms with E-state index in [4.69, 9.17) is 14.2 Å². The van der Waals surface area contributed by atoms with Crippen molar-refractivity contribution in [2.45, 2.75) is 45.3 Å². The Morgan fingerprint density at radius 2 is 1.95 bits per heavy atom. The molecular weight excluding hydrogens is 486 g/mol. The van der Waals surface area contributed by atoms with Crippen LogP contribution in [0.4, 0.5) is 10.5 Å². The molecule has 1 fully saturated rings. The van der Waals surface area contributed by atoms with Crippen molar-refractivity contribution in [3.8, 4) is 22.9 Å². The number of hydrogen-bond acceptors (Lipinski definition) is 10. The third kappa shape index (κ3) is 6.18. The molecule has 1 saturated carbocycles. The lowest BCUT2D eigenvalue weighted by molar-refractivity contribution is -0.384. The number of benzene rings is 1. The summed E-state index contributed by atoms with van der Waals surface area (Å²) in [6, 6.07) is 8.48. The molecule has 0 unspecified atom stereocenters. The number of pyridine rings is 1. The third-order valence-electron chi connectivity index (χ3n) is 6.07. The molecule has 37 heavy (non-hydrogen) atoms. The fraction of sp³-hybridized carbons (Fsp3) is 0.375. The normalized spacial score (nSPS) is 17.1. The van der Waals surface area contributed by atoms with Crippen LogP contribution in [0.1, 0.15) is 37.1 Å². The molecule has 3 aromatic rings. The average molecular weight is 511 g/mol. The summed E-state index contributed by atoms with van der Waals surface area (Å²) in [5.41, 5.74) is 1.84. The third-order valence-corrected chi connectivity index (χ3v) is 6.07. The van der Waals surface area contributed by atoms with E-state index in [1.165, 1.54) is 28.9 Å². The molecule has 2 heterocycles. The van der Waals surface area contributed by atoms with Crippen LogP contribution < -0.4 is 9.47 Å². The molecule has 2 aromatic heterocycles. The number of ether oxygens (including phenoxy) is 3. The van der Waals surface area contributed by atoms with E-state index in [-0.39, 0.29) is 24.1 Å². The molecule has 1 N–H and O–H groups in total. The van der Waals surface area contributed by atoms with Gasteiger partial charge in [0.15, 0.2) is 0 Å². The summed E-state index contributed by atoms with van der Waals surface area (Å²) >= 11 is 0. The SMILES string of the molecule is Cc1nc(-c2nnn(C)c2COC(=O)Oc2ccc([N+](=O)[O-])cc2)ccc1O[C@H]1CCC[C@H](C(=O)O)C1. The molecule has 0 spiro atoms. The van der Waals surface area contributed by atoms with Crippen LogP contribution in [0.3, 0.4) is 0 Å². The van der Waals surface area contributed by atoms with E-state index < -0.39 is 23.0 Å². The molecule has 1 aliphatic rings. The van der Waals surface area contributed by atoms with Gasteiger partial charge in [0.1, 0.15) is 29.5 Å². The Labute approximate surface area is 211 Å². The fourth-order valence-corrected chi connectivity index (χ4v) is 4.09. The topological polar surface area (TPSA) is 169 Å². The van der Waals surface area contributed by atoms with Crippen molar-refractivity contribution in [1.29, 1.82) is 0 Å². The molecule has 0 bridgehead atoms. The highest BCUT2D eigenvalue weighted by atomic mass is 16.7. The zero-order chi connectivity index (χ0) is 26.5. The van der Waals surface area contributed by atoms with Gasteiger partial charge in [0.2, 0.25) is 0 Å². The second-order valence-corrected chi connectivity index (χ2v) is 8.62. The summed E-state index contributed by atoms with van der Waals surface area (Å²) in [5, 5.41) is 28.2. The predicted octanol–water partition coefficient (Wildman–Crippen LogP) is 3.83. The second-order valence-electron chi connectivity index (χ2n) is 8.62. The lowest BCUT2D eigenvalue weighted by Gasteiger charge is -2.27. The standard InChI is InChI=1S/C24H25N5O8/c1-14-21(36-18-5-3-4-15(12-18)23(30)31)11-10-19(25-14)22-20(28(2)27-26-22)13-35-24(32)37-17-8-6-16(7-9-17)29(33)34/h6-11,15,18H,3-5,12-13H2,1-2H3,(H,30,31)/t15-,18-/m0/s1. The van der Waals surface area contributed by atoms with Gasteiger partial charge in [-0.15, -0.1) is 5.10 Å². The maximum Gasteiger partial charge on any atom is 0.514 e. The number of rotatable bonds is 8. The molecule has 0 aliphatic heterocycles. The van der Waals surface area contributed by atoms with Crippen LogP contribution in [-0.2, 0) is 23.2 Å². The van der Waals surface area contributed by atoms with Crippen molar-refractivity contribution in [3.05, 3.63) is 57.9 Å². The quantitative estimate of drug-likeness (QED) is 0.202. The van der Waals surface area contributed by atoms with Crippen LogP contribution in [0.2, 0.25) is 0 Å². The van der Waals surface area contributed by atoms with Crippen molar-refractivity contribution in [1.82, 2.24) is 20.0 Å². The number of carboxylic acids is 1. The first-order valence-electron chi connectivity index (χ1n) is 11.6. The summed E-state index contributed by atoms with van der Waals surface area (Å²) in [6.07, 6.45) is 1.50. The minimum Gasteiger partial charge on any atom is -0.489 e. The van der Waals surface area contributed by atoms with Crippen molar-refractivity contribution >= 4 is 17.8 Å². The summed E-state index contributed by atoms with van der Waals surface area (Å²) in [5.74, 6) is -0.541. The molecule has 194 valence electrons. The van der Waals surface area contributed by atoms with Crippen LogP contribution in [0.15, 0.2) is 36.4 Å². The van der Waals surface area contributed by atoms with E-state index in [2.05, 4.69) is 15.3 Å². The molecule has 0 radical (unpaired) electrons. The Morgan fingerprint density at radius 1 is 1.19 bits per heavy atom. The van der Waals surface area contributed by atoms with Gasteiger partial charge in [0.05, 0.1) is 28.3 Å². The maximum absolute atomic E-state index is 12.1. The van der Waals surface area contributed by atoms with Gasteiger partial charge in [0.25, 0.3) is 5.69 Å². The largest absolute Gasteiger partial charge is 0.514 e. The van der Waals surface area contributed by atoms with Gasteiger partial charge < -0.3 is 19.3 Å². The number of hydrogen-bond donors (Lipinski definition) is 1. The Hall–Kier alpha value is -4.55. The number of carbonyl (C=O) groups excluding carboxylic acids is 1.